The normalized spacial score (nSPS) is 20.1. The van der Waals surface area contributed by atoms with Crippen LogP contribution in [-0.2, 0) is 0 Å². The monoisotopic (exact) mass is 348 g/mol. The molecule has 0 radical (unpaired) electrons. The van der Waals surface area contributed by atoms with Gasteiger partial charge in [-0.1, -0.05) is 22.9 Å². The van der Waals surface area contributed by atoms with Crippen LogP contribution in [0.4, 0.5) is 11.4 Å². The summed E-state index contributed by atoms with van der Waals surface area (Å²) in [6.45, 7) is 8.70. The highest BCUT2D eigenvalue weighted by atomic mass is 79.9. The summed E-state index contributed by atoms with van der Waals surface area (Å²) in [7, 11) is 0. The van der Waals surface area contributed by atoms with Crippen LogP contribution in [0.3, 0.4) is 0 Å². The third-order valence-corrected chi connectivity index (χ3v) is 4.81. The van der Waals surface area contributed by atoms with E-state index in [2.05, 4.69) is 50.6 Å². The van der Waals surface area contributed by atoms with Crippen LogP contribution in [0.1, 0.15) is 13.8 Å². The van der Waals surface area contributed by atoms with Crippen molar-refractivity contribution in [2.45, 2.75) is 19.9 Å². The molecule has 1 atom stereocenters. The highest BCUT2D eigenvalue weighted by molar-refractivity contribution is 9.10. The molecule has 112 valence electrons. The molecule has 21 heavy (non-hydrogen) atoms. The lowest BCUT2D eigenvalue weighted by Crippen LogP contribution is -2.51. The largest absolute Gasteiger partial charge is 0.396 e. The molecule has 3 rings (SSSR count). The molecule has 5 heteroatoms. The third kappa shape index (κ3) is 2.72. The molecular weight excluding hydrogens is 328 g/mol. The van der Waals surface area contributed by atoms with E-state index in [1.54, 1.807) is 6.20 Å². The number of nitrogen functional groups attached to an aromatic ring is 1. The van der Waals surface area contributed by atoms with Crippen molar-refractivity contribution in [3.63, 3.8) is 0 Å². The van der Waals surface area contributed by atoms with Gasteiger partial charge in [0, 0.05) is 35.5 Å². The number of nitrogens with zero attached hydrogens (tertiary/aromatic N) is 3. The lowest BCUT2D eigenvalue weighted by Gasteiger charge is -2.41. The van der Waals surface area contributed by atoms with Crippen LogP contribution in [-0.4, -0.2) is 42.1 Å². The molecule has 2 heterocycles. The second-order valence-electron chi connectivity index (χ2n) is 5.65. The Labute approximate surface area is 134 Å². The summed E-state index contributed by atoms with van der Waals surface area (Å²) in [5, 5.41) is 1.13. The molecule has 0 spiro atoms. The van der Waals surface area contributed by atoms with Gasteiger partial charge in [-0.2, -0.15) is 0 Å². The Morgan fingerprint density at radius 1 is 1.38 bits per heavy atom. The van der Waals surface area contributed by atoms with Crippen LogP contribution in [0.25, 0.3) is 10.9 Å². The smallest absolute Gasteiger partial charge is 0.0745 e. The fourth-order valence-corrected chi connectivity index (χ4v) is 3.55. The average Bonchev–Trinajstić information content (AvgIpc) is 2.47. The first-order chi connectivity index (χ1) is 10.1. The molecule has 0 bridgehead atoms. The number of fused-ring (bicyclic) bond motifs is 1. The van der Waals surface area contributed by atoms with Gasteiger partial charge in [-0.3, -0.25) is 9.88 Å². The van der Waals surface area contributed by atoms with Crippen LogP contribution in [0.15, 0.2) is 28.9 Å². The SMILES string of the molecule is CCN1CCN(c2c(N)cnc3ccc(Br)cc23)CC1C. The van der Waals surface area contributed by atoms with Gasteiger partial charge in [-0.15, -0.1) is 0 Å². The molecule has 1 aromatic carbocycles. The van der Waals surface area contributed by atoms with Crippen LogP contribution in [0.5, 0.6) is 0 Å². The zero-order valence-corrected chi connectivity index (χ0v) is 14.1. The first kappa shape index (κ1) is 14.6. The molecule has 1 saturated heterocycles. The number of pyridine rings is 1. The van der Waals surface area contributed by atoms with Crippen molar-refractivity contribution >= 4 is 38.2 Å². The van der Waals surface area contributed by atoms with E-state index in [4.69, 9.17) is 5.73 Å². The molecular formula is C16H21BrN4. The summed E-state index contributed by atoms with van der Waals surface area (Å²) in [6, 6.07) is 6.71. The van der Waals surface area contributed by atoms with E-state index in [1.165, 1.54) is 0 Å². The summed E-state index contributed by atoms with van der Waals surface area (Å²) in [4.78, 5) is 9.36. The van der Waals surface area contributed by atoms with Gasteiger partial charge >= 0.3 is 0 Å². The molecule has 4 nitrogen and oxygen atoms in total. The number of likely N-dealkylation sites (N-methyl/N-ethyl adjacent to an activating group) is 1. The van der Waals surface area contributed by atoms with Gasteiger partial charge in [-0.25, -0.2) is 0 Å². The third-order valence-electron chi connectivity index (χ3n) is 4.32. The zero-order chi connectivity index (χ0) is 15.0. The Kier molecular flexibility index (Phi) is 4.04. The predicted molar refractivity (Wildman–Crippen MR) is 92.8 cm³/mol. The summed E-state index contributed by atoms with van der Waals surface area (Å²) >= 11 is 3.55. The van der Waals surface area contributed by atoms with E-state index in [0.717, 1.165) is 52.9 Å². The molecule has 1 aromatic heterocycles. The predicted octanol–water partition coefficient (Wildman–Crippen LogP) is 3.11. The number of aromatic nitrogens is 1. The molecule has 1 unspecified atom stereocenters. The first-order valence-corrected chi connectivity index (χ1v) is 8.22. The van der Waals surface area contributed by atoms with Gasteiger partial charge in [-0.05, 0) is 31.7 Å². The Morgan fingerprint density at radius 3 is 2.90 bits per heavy atom. The Morgan fingerprint density at radius 2 is 2.19 bits per heavy atom. The summed E-state index contributed by atoms with van der Waals surface area (Å²) in [6.07, 6.45) is 1.78. The maximum absolute atomic E-state index is 6.25. The van der Waals surface area contributed by atoms with Crippen LogP contribution >= 0.6 is 15.9 Å². The number of piperazine rings is 1. The fraction of sp³-hybridized carbons (Fsp3) is 0.438. The van der Waals surface area contributed by atoms with Crippen molar-refractivity contribution in [1.29, 1.82) is 0 Å². The maximum Gasteiger partial charge on any atom is 0.0745 e. The van der Waals surface area contributed by atoms with E-state index in [-0.39, 0.29) is 0 Å². The highest BCUT2D eigenvalue weighted by Crippen LogP contribution is 2.34. The summed E-state index contributed by atoms with van der Waals surface area (Å²) < 4.78 is 1.06. The molecule has 0 aliphatic carbocycles. The van der Waals surface area contributed by atoms with E-state index in [0.29, 0.717) is 6.04 Å². The second kappa shape index (κ2) is 5.81. The first-order valence-electron chi connectivity index (χ1n) is 7.43. The lowest BCUT2D eigenvalue weighted by atomic mass is 10.1. The fourth-order valence-electron chi connectivity index (χ4n) is 3.19. The van der Waals surface area contributed by atoms with Crippen molar-refractivity contribution in [2.75, 3.05) is 36.8 Å². The molecule has 1 aliphatic heterocycles. The average molecular weight is 349 g/mol. The van der Waals surface area contributed by atoms with Gasteiger partial charge in [0.15, 0.2) is 0 Å². The number of hydrogen-bond acceptors (Lipinski definition) is 4. The van der Waals surface area contributed by atoms with Crippen molar-refractivity contribution in [2.24, 2.45) is 0 Å². The van der Waals surface area contributed by atoms with E-state index in [9.17, 15) is 0 Å². The molecule has 1 aliphatic rings. The zero-order valence-electron chi connectivity index (χ0n) is 12.5. The number of rotatable bonds is 2. The second-order valence-corrected chi connectivity index (χ2v) is 6.56. The Bertz CT molecular complexity index is 653. The Hall–Kier alpha value is -1.33. The minimum atomic E-state index is 0.540. The van der Waals surface area contributed by atoms with Gasteiger partial charge in [0.1, 0.15) is 0 Å². The Balaban J connectivity index is 2.04. The molecule has 1 fully saturated rings. The standard InChI is InChI=1S/C16H21BrN4/c1-3-20-6-7-21(10-11(20)2)16-13-8-12(17)4-5-15(13)19-9-14(16)18/h4-5,8-9,11H,3,6-7,10,18H2,1-2H3. The van der Waals surface area contributed by atoms with Crippen molar-refractivity contribution in [3.05, 3.63) is 28.9 Å². The minimum absolute atomic E-state index is 0.540. The number of nitrogens with two attached hydrogens (primary N) is 1. The van der Waals surface area contributed by atoms with Crippen LogP contribution < -0.4 is 10.6 Å². The van der Waals surface area contributed by atoms with Crippen LogP contribution in [0.2, 0.25) is 0 Å². The highest BCUT2D eigenvalue weighted by Gasteiger charge is 2.25. The number of benzene rings is 1. The summed E-state index contributed by atoms with van der Waals surface area (Å²) in [5.41, 5.74) is 9.13. The number of anilines is 2. The van der Waals surface area contributed by atoms with Crippen molar-refractivity contribution < 1.29 is 0 Å². The van der Waals surface area contributed by atoms with E-state index in [1.807, 2.05) is 12.1 Å². The lowest BCUT2D eigenvalue weighted by molar-refractivity contribution is 0.200. The van der Waals surface area contributed by atoms with Gasteiger partial charge in [0.2, 0.25) is 0 Å². The topological polar surface area (TPSA) is 45.4 Å². The van der Waals surface area contributed by atoms with Crippen molar-refractivity contribution in [3.8, 4) is 0 Å². The minimum Gasteiger partial charge on any atom is -0.396 e. The van der Waals surface area contributed by atoms with Gasteiger partial charge in [0.25, 0.3) is 0 Å². The quantitative estimate of drug-likeness (QED) is 0.905. The van der Waals surface area contributed by atoms with Gasteiger partial charge in [0.05, 0.1) is 23.1 Å². The van der Waals surface area contributed by atoms with E-state index >= 15 is 0 Å². The number of hydrogen-bond donors (Lipinski definition) is 1. The molecule has 0 saturated carbocycles. The van der Waals surface area contributed by atoms with Gasteiger partial charge < -0.3 is 10.6 Å². The van der Waals surface area contributed by atoms with Crippen LogP contribution in [0, 0.1) is 0 Å². The maximum atomic E-state index is 6.25. The van der Waals surface area contributed by atoms with Crippen molar-refractivity contribution in [1.82, 2.24) is 9.88 Å². The molecule has 2 aromatic rings. The van der Waals surface area contributed by atoms with E-state index < -0.39 is 0 Å². The summed E-state index contributed by atoms with van der Waals surface area (Å²) in [5.74, 6) is 0. The number of halogens is 1. The molecule has 0 amide bonds. The molecule has 2 N–H and O–H groups in total.